The Morgan fingerprint density at radius 1 is 1.40 bits per heavy atom. The normalized spacial score (nSPS) is 59.7. The van der Waals surface area contributed by atoms with Crippen molar-refractivity contribution in [3.8, 4) is 0 Å². The second-order valence-electron chi connectivity index (χ2n) is 4.28. The number of fused-ring (bicyclic) bond motifs is 2. The fraction of sp³-hybridized carbons (Fsp3) is 1.00. The van der Waals surface area contributed by atoms with Crippen LogP contribution < -0.4 is 0 Å². The zero-order valence-electron chi connectivity index (χ0n) is 6.80. The highest BCUT2D eigenvalue weighted by Crippen LogP contribution is 2.53. The first-order valence-electron chi connectivity index (χ1n) is 4.34. The lowest BCUT2D eigenvalue weighted by molar-refractivity contribution is -0.0363. The highest BCUT2D eigenvalue weighted by atomic mass is 16.3. The van der Waals surface area contributed by atoms with Gasteiger partial charge in [-0.1, -0.05) is 6.92 Å². The Morgan fingerprint density at radius 3 is 2.40 bits per heavy atom. The summed E-state index contributed by atoms with van der Waals surface area (Å²) in [6.07, 6.45) is 3.91. The van der Waals surface area contributed by atoms with Gasteiger partial charge in [0.25, 0.3) is 0 Å². The molecule has 1 N–H and O–H groups in total. The first-order valence-corrected chi connectivity index (χ1v) is 4.34. The topological polar surface area (TPSA) is 20.2 Å². The van der Waals surface area contributed by atoms with Crippen LogP contribution in [0.2, 0.25) is 0 Å². The Morgan fingerprint density at radius 2 is 2.10 bits per heavy atom. The molecular formula is C9H16O. The van der Waals surface area contributed by atoms with Gasteiger partial charge in [0, 0.05) is 0 Å². The summed E-state index contributed by atoms with van der Waals surface area (Å²) in [5.74, 6) is 2.00. The maximum Gasteiger partial charge on any atom is 0.0675 e. The van der Waals surface area contributed by atoms with E-state index in [1.807, 2.05) is 6.92 Å². The molecule has 0 saturated heterocycles. The summed E-state index contributed by atoms with van der Waals surface area (Å²) < 4.78 is 0. The van der Waals surface area contributed by atoms with Crippen LogP contribution in [0.5, 0.6) is 0 Å². The summed E-state index contributed by atoms with van der Waals surface area (Å²) in [6.45, 7) is 4.21. The Balaban J connectivity index is 2.25. The highest BCUT2D eigenvalue weighted by Gasteiger charge is 2.52. The van der Waals surface area contributed by atoms with E-state index in [4.69, 9.17) is 0 Å². The van der Waals surface area contributed by atoms with Gasteiger partial charge < -0.3 is 5.11 Å². The van der Waals surface area contributed by atoms with Gasteiger partial charge in [-0.2, -0.15) is 0 Å². The molecule has 1 heteroatoms. The van der Waals surface area contributed by atoms with Crippen molar-refractivity contribution in [1.82, 2.24) is 0 Å². The molecule has 2 aliphatic rings. The Bertz CT molecular complexity index is 147. The largest absolute Gasteiger partial charge is 0.390 e. The highest BCUT2D eigenvalue weighted by molar-refractivity contribution is 5.02. The zero-order valence-corrected chi connectivity index (χ0v) is 6.80. The first kappa shape index (κ1) is 6.66. The molecule has 0 aromatic carbocycles. The SMILES string of the molecule is C[C@@H]1[C@@H]2CC[C@@H](C2)[C@@]1(C)O. The Labute approximate surface area is 62.4 Å². The minimum absolute atomic E-state index is 0.330. The lowest BCUT2D eigenvalue weighted by atomic mass is 9.78. The zero-order chi connectivity index (χ0) is 7.35. The summed E-state index contributed by atoms with van der Waals surface area (Å²) in [7, 11) is 0. The standard InChI is InChI=1S/C9H16O/c1-6-7-3-4-8(5-7)9(6,2)10/h6-8,10H,3-5H2,1-2H3/t6-,7-,8+,9+/m1/s1. The molecular weight excluding hydrogens is 124 g/mol. The maximum absolute atomic E-state index is 9.95. The molecule has 0 unspecified atom stereocenters. The molecule has 2 saturated carbocycles. The monoisotopic (exact) mass is 140 g/mol. The smallest absolute Gasteiger partial charge is 0.0675 e. The average Bonchev–Trinajstić information content (AvgIpc) is 2.37. The van der Waals surface area contributed by atoms with E-state index in [2.05, 4.69) is 6.92 Å². The summed E-state index contributed by atoms with van der Waals surface area (Å²) >= 11 is 0. The van der Waals surface area contributed by atoms with Crippen LogP contribution in [-0.2, 0) is 0 Å². The van der Waals surface area contributed by atoms with Crippen molar-refractivity contribution in [2.24, 2.45) is 17.8 Å². The number of hydrogen-bond donors (Lipinski definition) is 1. The first-order chi connectivity index (χ1) is 4.62. The van der Waals surface area contributed by atoms with Crippen molar-refractivity contribution in [3.05, 3.63) is 0 Å². The predicted octanol–water partition coefficient (Wildman–Crippen LogP) is 1.80. The minimum Gasteiger partial charge on any atom is -0.390 e. The Hall–Kier alpha value is -0.0400. The maximum atomic E-state index is 9.95. The van der Waals surface area contributed by atoms with Crippen LogP contribution in [0, 0.1) is 17.8 Å². The van der Waals surface area contributed by atoms with Gasteiger partial charge in [-0.3, -0.25) is 0 Å². The van der Waals surface area contributed by atoms with Gasteiger partial charge in [0.1, 0.15) is 0 Å². The van der Waals surface area contributed by atoms with E-state index in [1.54, 1.807) is 0 Å². The van der Waals surface area contributed by atoms with E-state index in [0.717, 1.165) is 5.92 Å². The second kappa shape index (κ2) is 1.76. The van der Waals surface area contributed by atoms with Crippen molar-refractivity contribution >= 4 is 0 Å². The van der Waals surface area contributed by atoms with E-state index in [9.17, 15) is 5.11 Å². The molecule has 0 aromatic rings. The molecule has 0 spiro atoms. The van der Waals surface area contributed by atoms with Crippen LogP contribution in [0.1, 0.15) is 33.1 Å². The molecule has 0 aliphatic heterocycles. The molecule has 0 amide bonds. The predicted molar refractivity (Wildman–Crippen MR) is 40.6 cm³/mol. The Kier molecular flexibility index (Phi) is 1.17. The van der Waals surface area contributed by atoms with E-state index < -0.39 is 0 Å². The molecule has 0 heterocycles. The van der Waals surface area contributed by atoms with Gasteiger partial charge in [0.15, 0.2) is 0 Å². The molecule has 2 rings (SSSR count). The van der Waals surface area contributed by atoms with Gasteiger partial charge in [0.05, 0.1) is 5.60 Å². The van der Waals surface area contributed by atoms with Crippen LogP contribution in [0.25, 0.3) is 0 Å². The van der Waals surface area contributed by atoms with Gasteiger partial charge in [0.2, 0.25) is 0 Å². The lowest BCUT2D eigenvalue weighted by Gasteiger charge is -2.34. The third-order valence-electron chi connectivity index (χ3n) is 3.93. The summed E-state index contributed by atoms with van der Waals surface area (Å²) in [4.78, 5) is 0. The molecule has 58 valence electrons. The fourth-order valence-corrected chi connectivity index (χ4v) is 2.85. The summed E-state index contributed by atoms with van der Waals surface area (Å²) in [5.41, 5.74) is -0.330. The van der Waals surface area contributed by atoms with Crippen LogP contribution >= 0.6 is 0 Å². The minimum atomic E-state index is -0.330. The number of hydrogen-bond acceptors (Lipinski definition) is 1. The van der Waals surface area contributed by atoms with Crippen molar-refractivity contribution in [2.75, 3.05) is 0 Å². The van der Waals surface area contributed by atoms with Crippen molar-refractivity contribution < 1.29 is 5.11 Å². The molecule has 2 aliphatic carbocycles. The van der Waals surface area contributed by atoms with Crippen molar-refractivity contribution in [3.63, 3.8) is 0 Å². The van der Waals surface area contributed by atoms with E-state index in [1.165, 1.54) is 19.3 Å². The molecule has 1 nitrogen and oxygen atoms in total. The number of rotatable bonds is 0. The van der Waals surface area contributed by atoms with Crippen LogP contribution in [0.3, 0.4) is 0 Å². The third kappa shape index (κ3) is 0.619. The van der Waals surface area contributed by atoms with Crippen LogP contribution in [0.4, 0.5) is 0 Å². The molecule has 0 aromatic heterocycles. The van der Waals surface area contributed by atoms with E-state index in [-0.39, 0.29) is 5.60 Å². The summed E-state index contributed by atoms with van der Waals surface area (Å²) in [6, 6.07) is 0. The second-order valence-corrected chi connectivity index (χ2v) is 4.28. The van der Waals surface area contributed by atoms with Crippen LogP contribution in [0.15, 0.2) is 0 Å². The van der Waals surface area contributed by atoms with Gasteiger partial charge in [-0.15, -0.1) is 0 Å². The third-order valence-corrected chi connectivity index (χ3v) is 3.93. The van der Waals surface area contributed by atoms with Crippen molar-refractivity contribution in [1.29, 1.82) is 0 Å². The molecule has 4 atom stereocenters. The molecule has 0 radical (unpaired) electrons. The van der Waals surface area contributed by atoms with Gasteiger partial charge in [-0.25, -0.2) is 0 Å². The lowest BCUT2D eigenvalue weighted by Crippen LogP contribution is -2.38. The van der Waals surface area contributed by atoms with E-state index >= 15 is 0 Å². The van der Waals surface area contributed by atoms with E-state index in [0.29, 0.717) is 11.8 Å². The molecule has 2 bridgehead atoms. The molecule has 10 heavy (non-hydrogen) atoms. The summed E-state index contributed by atoms with van der Waals surface area (Å²) in [5, 5.41) is 9.95. The van der Waals surface area contributed by atoms with Gasteiger partial charge >= 0.3 is 0 Å². The van der Waals surface area contributed by atoms with Crippen molar-refractivity contribution in [2.45, 2.75) is 38.7 Å². The van der Waals surface area contributed by atoms with Gasteiger partial charge in [-0.05, 0) is 43.9 Å². The average molecular weight is 140 g/mol. The number of aliphatic hydroxyl groups is 1. The molecule has 2 fully saturated rings. The fourth-order valence-electron chi connectivity index (χ4n) is 2.85. The van der Waals surface area contributed by atoms with Crippen LogP contribution in [-0.4, -0.2) is 10.7 Å². The quantitative estimate of drug-likeness (QED) is 0.544.